The molecule has 190 valence electrons. The number of imide groups is 1. The lowest BCUT2D eigenvalue weighted by Crippen LogP contribution is -2.52. The molecule has 0 aromatic heterocycles. The van der Waals surface area contributed by atoms with Crippen LogP contribution in [0.5, 0.6) is 0 Å². The van der Waals surface area contributed by atoms with Crippen molar-refractivity contribution in [2.45, 2.75) is 102 Å². The number of nitrogens with zero attached hydrogens (tertiary/aromatic N) is 1. The molecule has 8 heteroatoms. The van der Waals surface area contributed by atoms with Gasteiger partial charge in [0.25, 0.3) is 5.91 Å². The van der Waals surface area contributed by atoms with Crippen molar-refractivity contribution < 1.29 is 23.2 Å². The predicted octanol–water partition coefficient (Wildman–Crippen LogP) is 3.96. The average molecular weight is 488 g/mol. The van der Waals surface area contributed by atoms with Crippen molar-refractivity contribution in [3.63, 3.8) is 0 Å². The van der Waals surface area contributed by atoms with E-state index < -0.39 is 18.4 Å². The number of halogens is 2. The summed E-state index contributed by atoms with van der Waals surface area (Å²) >= 11 is 0. The van der Waals surface area contributed by atoms with E-state index in [1.54, 1.807) is 4.90 Å². The van der Waals surface area contributed by atoms with Crippen LogP contribution in [0.15, 0.2) is 18.2 Å². The van der Waals surface area contributed by atoms with Crippen LogP contribution in [0, 0.1) is 11.8 Å². The maximum Gasteiger partial charge on any atom is 0.255 e. The lowest BCUT2D eigenvalue weighted by Gasteiger charge is -2.38. The third kappa shape index (κ3) is 5.27. The van der Waals surface area contributed by atoms with Crippen LogP contribution in [0.4, 0.5) is 8.78 Å². The molecular weight excluding hydrogens is 452 g/mol. The fraction of sp³-hybridized carbons (Fsp3) is 0.667. The van der Waals surface area contributed by atoms with Crippen LogP contribution in [0.2, 0.25) is 0 Å². The number of carbonyl (C=O) groups is 3. The van der Waals surface area contributed by atoms with Crippen LogP contribution in [0.25, 0.3) is 0 Å². The van der Waals surface area contributed by atoms with E-state index >= 15 is 0 Å². The van der Waals surface area contributed by atoms with Gasteiger partial charge in [-0.2, -0.15) is 0 Å². The van der Waals surface area contributed by atoms with E-state index in [0.717, 1.165) is 37.7 Å². The summed E-state index contributed by atoms with van der Waals surface area (Å²) in [6.07, 6.45) is 6.87. The highest BCUT2D eigenvalue weighted by molar-refractivity contribution is 6.05. The van der Waals surface area contributed by atoms with Gasteiger partial charge < -0.3 is 10.2 Å². The van der Waals surface area contributed by atoms with Gasteiger partial charge in [-0.25, -0.2) is 8.78 Å². The largest absolute Gasteiger partial charge is 0.322 e. The molecule has 3 atom stereocenters. The topological polar surface area (TPSA) is 78.5 Å². The molecule has 2 N–H and O–H groups in total. The number of carbonyl (C=O) groups excluding carboxylic acids is 3. The van der Waals surface area contributed by atoms with Crippen LogP contribution < -0.4 is 10.6 Å². The van der Waals surface area contributed by atoms with Gasteiger partial charge in [0, 0.05) is 36.5 Å². The normalized spacial score (nSPS) is 31.6. The molecule has 35 heavy (non-hydrogen) atoms. The number of alkyl halides is 2. The predicted molar refractivity (Wildman–Crippen MR) is 127 cm³/mol. The molecule has 6 nitrogen and oxygen atoms in total. The number of nitrogens with one attached hydrogen (secondary N) is 2. The Hall–Kier alpha value is -2.35. The van der Waals surface area contributed by atoms with Crippen LogP contribution in [-0.2, 0) is 22.6 Å². The number of rotatable bonds is 6. The van der Waals surface area contributed by atoms with Crippen molar-refractivity contribution in [3.8, 4) is 0 Å². The van der Waals surface area contributed by atoms with Crippen LogP contribution in [0.3, 0.4) is 0 Å². The van der Waals surface area contributed by atoms with E-state index in [1.165, 1.54) is 18.4 Å². The van der Waals surface area contributed by atoms with E-state index in [0.29, 0.717) is 49.4 Å². The maximum absolute atomic E-state index is 13.0. The highest BCUT2D eigenvalue weighted by Crippen LogP contribution is 2.34. The van der Waals surface area contributed by atoms with Gasteiger partial charge in [0.05, 0.1) is 0 Å². The third-order valence-electron chi connectivity index (χ3n) is 8.57. The Kier molecular flexibility index (Phi) is 7.19. The second-order valence-electron chi connectivity index (χ2n) is 10.9. The molecule has 1 unspecified atom stereocenters. The van der Waals surface area contributed by atoms with Crippen molar-refractivity contribution >= 4 is 17.7 Å². The molecule has 2 aliphatic heterocycles. The van der Waals surface area contributed by atoms with Crippen LogP contribution >= 0.6 is 0 Å². The maximum atomic E-state index is 13.0. The van der Waals surface area contributed by atoms with Gasteiger partial charge in [-0.3, -0.25) is 19.7 Å². The first-order valence-corrected chi connectivity index (χ1v) is 13.2. The zero-order valence-corrected chi connectivity index (χ0v) is 20.1. The second kappa shape index (κ2) is 10.3. The highest BCUT2D eigenvalue weighted by atomic mass is 19.3. The number of piperidine rings is 1. The van der Waals surface area contributed by atoms with Crippen molar-refractivity contribution in [3.05, 3.63) is 34.9 Å². The van der Waals surface area contributed by atoms with Gasteiger partial charge in [0.1, 0.15) is 6.04 Å². The standard InChI is InChI=1S/C27H35F2N3O3/c28-25(29)17-6-8-20(9-7-17)30-22-4-2-1-3-18(22)13-16-5-10-21-19(14-16)15-32(27(21)35)23-11-12-24(33)31-26(23)34/h5,10,14,17-18,20,22-23,25,30H,1-4,6-9,11-13,15H2,(H,31,33,34)/t17-,18-,20-,22+,23?/m1/s1. The first-order chi connectivity index (χ1) is 16.9. The number of amides is 3. The molecular formula is C27H35F2N3O3. The number of hydrogen-bond donors (Lipinski definition) is 2. The summed E-state index contributed by atoms with van der Waals surface area (Å²) in [5.74, 6) is -0.767. The fourth-order valence-electron chi connectivity index (χ4n) is 6.57. The molecule has 3 amide bonds. The third-order valence-corrected chi connectivity index (χ3v) is 8.57. The summed E-state index contributed by atoms with van der Waals surface area (Å²) in [5.41, 5.74) is 2.79. The average Bonchev–Trinajstić information content (AvgIpc) is 3.16. The quantitative estimate of drug-likeness (QED) is 0.596. The van der Waals surface area contributed by atoms with Crippen LogP contribution in [-0.4, -0.2) is 47.2 Å². The minimum atomic E-state index is -2.20. The molecule has 1 aromatic carbocycles. The van der Waals surface area contributed by atoms with Crippen molar-refractivity contribution in [2.24, 2.45) is 11.8 Å². The summed E-state index contributed by atoms with van der Waals surface area (Å²) < 4.78 is 26.0. The monoisotopic (exact) mass is 487 g/mol. The highest BCUT2D eigenvalue weighted by Gasteiger charge is 2.39. The lowest BCUT2D eigenvalue weighted by atomic mass is 9.79. The van der Waals surface area contributed by atoms with Gasteiger partial charge in [-0.05, 0) is 74.5 Å². The fourth-order valence-corrected chi connectivity index (χ4v) is 6.57. The van der Waals surface area contributed by atoms with Crippen molar-refractivity contribution in [1.82, 2.24) is 15.5 Å². The van der Waals surface area contributed by atoms with Gasteiger partial charge in [0.2, 0.25) is 18.2 Å². The summed E-state index contributed by atoms with van der Waals surface area (Å²) in [6.45, 7) is 0.397. The molecule has 2 heterocycles. The molecule has 1 aromatic rings. The van der Waals surface area contributed by atoms with Gasteiger partial charge in [0.15, 0.2) is 0 Å². The number of hydrogen-bond acceptors (Lipinski definition) is 4. The zero-order valence-electron chi connectivity index (χ0n) is 20.1. The Morgan fingerprint density at radius 1 is 1.00 bits per heavy atom. The van der Waals surface area contributed by atoms with E-state index in [9.17, 15) is 23.2 Å². The molecule has 3 fully saturated rings. The Balaban J connectivity index is 1.22. The number of fused-ring (bicyclic) bond motifs is 1. The van der Waals surface area contributed by atoms with E-state index in [1.807, 2.05) is 12.1 Å². The molecule has 0 spiro atoms. The van der Waals surface area contributed by atoms with Gasteiger partial charge in [-0.15, -0.1) is 0 Å². The van der Waals surface area contributed by atoms with E-state index in [2.05, 4.69) is 16.7 Å². The summed E-state index contributed by atoms with van der Waals surface area (Å²) in [7, 11) is 0. The van der Waals surface area contributed by atoms with Gasteiger partial charge >= 0.3 is 0 Å². The number of benzene rings is 1. The first kappa shape index (κ1) is 24.3. The van der Waals surface area contributed by atoms with E-state index in [-0.39, 0.29) is 24.1 Å². The van der Waals surface area contributed by atoms with E-state index in [4.69, 9.17) is 0 Å². The molecule has 5 rings (SSSR count). The van der Waals surface area contributed by atoms with Crippen molar-refractivity contribution in [2.75, 3.05) is 0 Å². The lowest BCUT2D eigenvalue weighted by molar-refractivity contribution is -0.136. The molecule has 2 saturated carbocycles. The second-order valence-corrected chi connectivity index (χ2v) is 10.9. The van der Waals surface area contributed by atoms with Crippen molar-refractivity contribution in [1.29, 1.82) is 0 Å². The Morgan fingerprint density at radius 3 is 2.51 bits per heavy atom. The SMILES string of the molecule is O=C1CCC(N2Cc3cc(C[C@H]4CCCC[C@@H]4N[C@H]4CC[C@H](C(F)F)CC4)ccc3C2=O)C(=O)N1. The molecule has 1 saturated heterocycles. The Labute approximate surface area is 205 Å². The Morgan fingerprint density at radius 2 is 1.77 bits per heavy atom. The summed E-state index contributed by atoms with van der Waals surface area (Å²) in [5, 5.41) is 6.18. The minimum Gasteiger partial charge on any atom is -0.322 e. The minimum absolute atomic E-state index is 0.141. The van der Waals surface area contributed by atoms with Gasteiger partial charge in [-0.1, -0.05) is 25.0 Å². The summed E-state index contributed by atoms with van der Waals surface area (Å²) in [6, 6.07) is 6.16. The Bertz CT molecular complexity index is 976. The van der Waals surface area contributed by atoms with Crippen LogP contribution in [0.1, 0.15) is 85.7 Å². The molecule has 0 radical (unpaired) electrons. The molecule has 0 bridgehead atoms. The smallest absolute Gasteiger partial charge is 0.255 e. The molecule has 2 aliphatic carbocycles. The molecule has 4 aliphatic rings. The summed E-state index contributed by atoms with van der Waals surface area (Å²) in [4.78, 5) is 38.4. The first-order valence-electron chi connectivity index (χ1n) is 13.2. The zero-order chi connectivity index (χ0) is 24.5.